The largest absolute Gasteiger partial charge is 0.325 e. The first-order valence-electron chi connectivity index (χ1n) is 10.1. The molecular weight excluding hydrogens is 358 g/mol. The molecule has 2 amide bonds. The van der Waals surface area contributed by atoms with Gasteiger partial charge in [0.1, 0.15) is 0 Å². The lowest BCUT2D eigenvalue weighted by Crippen LogP contribution is -2.34. The van der Waals surface area contributed by atoms with Gasteiger partial charge < -0.3 is 10.6 Å². The van der Waals surface area contributed by atoms with Crippen LogP contribution in [-0.2, 0) is 0 Å². The summed E-state index contributed by atoms with van der Waals surface area (Å²) in [6.07, 6.45) is 1.75. The fourth-order valence-electron chi connectivity index (χ4n) is 3.50. The third-order valence-electron chi connectivity index (χ3n) is 5.00. The monoisotopic (exact) mass is 387 g/mol. The van der Waals surface area contributed by atoms with Gasteiger partial charge in [-0.1, -0.05) is 82.3 Å². The van der Waals surface area contributed by atoms with Gasteiger partial charge in [-0.25, -0.2) is 4.79 Å². The van der Waals surface area contributed by atoms with Gasteiger partial charge in [0.05, 0.1) is 11.7 Å². The normalized spacial score (nSPS) is 12.1. The Hall–Kier alpha value is -3.14. The standard InChI is InChI=1S/C25H29N3O/c1-17(2)20-13-10-14-21(18(3)4)24(20)28-25(29)27-23(19-11-6-5-7-12-19)22-15-8-9-16-26-22/h5-18,23H,1-4H3,(H2,27,28,29). The summed E-state index contributed by atoms with van der Waals surface area (Å²) in [6, 6.07) is 21.3. The van der Waals surface area contributed by atoms with E-state index in [2.05, 4.69) is 61.5 Å². The molecule has 0 saturated carbocycles. The van der Waals surface area contributed by atoms with Crippen LogP contribution >= 0.6 is 0 Å². The number of pyridine rings is 1. The van der Waals surface area contributed by atoms with Crippen molar-refractivity contribution in [3.8, 4) is 0 Å². The highest BCUT2D eigenvalue weighted by Crippen LogP contribution is 2.32. The SMILES string of the molecule is CC(C)c1cccc(C(C)C)c1NC(=O)NC(c1ccccc1)c1ccccn1. The molecule has 0 aliphatic heterocycles. The first kappa shape index (κ1) is 20.6. The first-order valence-corrected chi connectivity index (χ1v) is 10.1. The maximum Gasteiger partial charge on any atom is 0.320 e. The van der Waals surface area contributed by atoms with Crippen molar-refractivity contribution in [3.63, 3.8) is 0 Å². The van der Waals surface area contributed by atoms with Crippen LogP contribution in [0.1, 0.15) is 68.0 Å². The number of amides is 2. The summed E-state index contributed by atoms with van der Waals surface area (Å²) in [6.45, 7) is 8.57. The van der Waals surface area contributed by atoms with E-state index in [1.165, 1.54) is 0 Å². The summed E-state index contributed by atoms with van der Waals surface area (Å²) >= 11 is 0. The lowest BCUT2D eigenvalue weighted by Gasteiger charge is -2.23. The number of aromatic nitrogens is 1. The van der Waals surface area contributed by atoms with Crippen LogP contribution in [0.4, 0.5) is 10.5 Å². The van der Waals surface area contributed by atoms with Gasteiger partial charge in [-0.2, -0.15) is 0 Å². The van der Waals surface area contributed by atoms with E-state index in [9.17, 15) is 4.79 Å². The summed E-state index contributed by atoms with van der Waals surface area (Å²) in [7, 11) is 0. The van der Waals surface area contributed by atoms with Gasteiger partial charge in [-0.3, -0.25) is 4.98 Å². The number of para-hydroxylation sites is 1. The van der Waals surface area contributed by atoms with E-state index < -0.39 is 0 Å². The predicted molar refractivity (Wildman–Crippen MR) is 119 cm³/mol. The quantitative estimate of drug-likeness (QED) is 0.526. The van der Waals surface area contributed by atoms with Gasteiger partial charge in [0.2, 0.25) is 0 Å². The number of urea groups is 1. The van der Waals surface area contributed by atoms with Crippen molar-refractivity contribution in [2.45, 2.75) is 45.6 Å². The molecule has 1 heterocycles. The Kier molecular flexibility index (Phi) is 6.65. The first-order chi connectivity index (χ1) is 14.0. The zero-order chi connectivity index (χ0) is 20.8. The van der Waals surface area contributed by atoms with Crippen molar-refractivity contribution in [2.75, 3.05) is 5.32 Å². The minimum absolute atomic E-state index is 0.237. The molecule has 150 valence electrons. The summed E-state index contributed by atoms with van der Waals surface area (Å²) in [5.41, 5.74) is 4.97. The molecule has 0 fully saturated rings. The minimum atomic E-state index is -0.328. The van der Waals surface area contributed by atoms with Crippen LogP contribution in [0.25, 0.3) is 0 Å². The molecule has 0 radical (unpaired) electrons. The van der Waals surface area contributed by atoms with Crippen LogP contribution in [0, 0.1) is 0 Å². The number of benzene rings is 2. The molecule has 0 saturated heterocycles. The zero-order valence-electron chi connectivity index (χ0n) is 17.5. The maximum absolute atomic E-state index is 13.1. The van der Waals surface area contributed by atoms with Crippen LogP contribution < -0.4 is 10.6 Å². The van der Waals surface area contributed by atoms with Gasteiger partial charge in [-0.15, -0.1) is 0 Å². The van der Waals surface area contributed by atoms with E-state index in [0.717, 1.165) is 28.1 Å². The summed E-state index contributed by atoms with van der Waals surface area (Å²) in [5.74, 6) is 0.620. The van der Waals surface area contributed by atoms with E-state index in [1.807, 2.05) is 48.5 Å². The lowest BCUT2D eigenvalue weighted by molar-refractivity contribution is 0.250. The second-order valence-corrected chi connectivity index (χ2v) is 7.82. The third-order valence-corrected chi connectivity index (χ3v) is 5.00. The average molecular weight is 388 g/mol. The average Bonchev–Trinajstić information content (AvgIpc) is 2.73. The molecule has 2 aromatic carbocycles. The van der Waals surface area contributed by atoms with E-state index in [-0.39, 0.29) is 12.1 Å². The highest BCUT2D eigenvalue weighted by atomic mass is 16.2. The molecule has 1 atom stereocenters. The summed E-state index contributed by atoms with van der Waals surface area (Å²) in [5, 5.41) is 6.25. The fraction of sp³-hybridized carbons (Fsp3) is 0.280. The molecule has 1 aromatic heterocycles. The van der Waals surface area contributed by atoms with E-state index in [1.54, 1.807) is 6.20 Å². The number of hydrogen-bond acceptors (Lipinski definition) is 2. The zero-order valence-corrected chi connectivity index (χ0v) is 17.5. The number of anilines is 1. The van der Waals surface area contributed by atoms with Crippen molar-refractivity contribution in [2.24, 2.45) is 0 Å². The van der Waals surface area contributed by atoms with E-state index in [0.29, 0.717) is 11.8 Å². The van der Waals surface area contributed by atoms with Crippen LogP contribution in [0.2, 0.25) is 0 Å². The number of nitrogens with one attached hydrogen (secondary N) is 2. The highest BCUT2D eigenvalue weighted by molar-refractivity contribution is 5.92. The molecule has 4 heteroatoms. The molecule has 2 N–H and O–H groups in total. The van der Waals surface area contributed by atoms with Crippen LogP contribution in [-0.4, -0.2) is 11.0 Å². The van der Waals surface area contributed by atoms with Gasteiger partial charge >= 0.3 is 6.03 Å². The summed E-state index contributed by atoms with van der Waals surface area (Å²) < 4.78 is 0. The van der Waals surface area contributed by atoms with Gasteiger partial charge in [-0.05, 0) is 40.7 Å². The molecular formula is C25H29N3O. The van der Waals surface area contributed by atoms with Gasteiger partial charge in [0, 0.05) is 11.9 Å². The molecule has 0 aliphatic carbocycles. The Labute approximate surface area is 173 Å². The maximum atomic E-state index is 13.1. The molecule has 0 spiro atoms. The lowest BCUT2D eigenvalue weighted by atomic mass is 9.93. The van der Waals surface area contributed by atoms with Crippen molar-refractivity contribution in [3.05, 3.63) is 95.3 Å². The van der Waals surface area contributed by atoms with Crippen molar-refractivity contribution in [1.29, 1.82) is 0 Å². The molecule has 3 aromatic rings. The Morgan fingerprint density at radius 1 is 0.793 bits per heavy atom. The summed E-state index contributed by atoms with van der Waals surface area (Å²) in [4.78, 5) is 17.5. The van der Waals surface area contributed by atoms with Gasteiger partial charge in [0.25, 0.3) is 0 Å². The van der Waals surface area contributed by atoms with Crippen molar-refractivity contribution in [1.82, 2.24) is 10.3 Å². The Morgan fingerprint density at radius 2 is 1.41 bits per heavy atom. The number of nitrogens with zero attached hydrogens (tertiary/aromatic N) is 1. The highest BCUT2D eigenvalue weighted by Gasteiger charge is 2.20. The number of rotatable bonds is 6. The van der Waals surface area contributed by atoms with Gasteiger partial charge in [0.15, 0.2) is 0 Å². The van der Waals surface area contributed by atoms with Crippen LogP contribution in [0.3, 0.4) is 0 Å². The van der Waals surface area contributed by atoms with Crippen LogP contribution in [0.5, 0.6) is 0 Å². The van der Waals surface area contributed by atoms with E-state index >= 15 is 0 Å². The Bertz CT molecular complexity index is 871. The Morgan fingerprint density at radius 3 is 1.97 bits per heavy atom. The molecule has 3 rings (SSSR count). The van der Waals surface area contributed by atoms with Crippen LogP contribution in [0.15, 0.2) is 72.9 Å². The number of hydrogen-bond donors (Lipinski definition) is 2. The molecule has 4 nitrogen and oxygen atoms in total. The third kappa shape index (κ3) is 5.02. The number of carbonyl (C=O) groups excluding carboxylic acids is 1. The predicted octanol–water partition coefficient (Wildman–Crippen LogP) is 6.24. The topological polar surface area (TPSA) is 54.0 Å². The number of carbonyl (C=O) groups is 1. The van der Waals surface area contributed by atoms with E-state index in [4.69, 9.17) is 0 Å². The minimum Gasteiger partial charge on any atom is -0.325 e. The fourth-order valence-corrected chi connectivity index (χ4v) is 3.50. The molecule has 1 unspecified atom stereocenters. The van der Waals surface area contributed by atoms with Crippen molar-refractivity contribution >= 4 is 11.7 Å². The van der Waals surface area contributed by atoms with Crippen molar-refractivity contribution < 1.29 is 4.79 Å². The molecule has 0 aliphatic rings. The second-order valence-electron chi connectivity index (χ2n) is 7.82. The Balaban J connectivity index is 1.91. The molecule has 0 bridgehead atoms. The smallest absolute Gasteiger partial charge is 0.320 e. The molecule has 29 heavy (non-hydrogen) atoms. The second kappa shape index (κ2) is 9.37.